The molecule has 2 aliphatic rings. The molecule has 122 valence electrons. The van der Waals surface area contributed by atoms with Crippen molar-refractivity contribution < 1.29 is 9.84 Å². The zero-order valence-electron chi connectivity index (χ0n) is 13.4. The van der Waals surface area contributed by atoms with Crippen LogP contribution in [0, 0.1) is 0 Å². The first-order chi connectivity index (χ1) is 11.2. The Morgan fingerprint density at radius 1 is 1.39 bits per heavy atom. The molecular weight excluding hydrogens is 306 g/mol. The van der Waals surface area contributed by atoms with Crippen LogP contribution in [-0.4, -0.2) is 24.0 Å². The average Bonchev–Trinajstić information content (AvgIpc) is 2.57. The van der Waals surface area contributed by atoms with E-state index in [9.17, 15) is 5.11 Å². The Morgan fingerprint density at radius 2 is 2.17 bits per heavy atom. The number of fused-ring (bicyclic) bond motifs is 2. The van der Waals surface area contributed by atoms with Crippen LogP contribution in [0.3, 0.4) is 0 Å². The number of nitrogens with one attached hydrogen (secondary N) is 1. The second kappa shape index (κ2) is 7.49. The molecule has 0 aromatic heterocycles. The Bertz CT molecular complexity index is 636. The van der Waals surface area contributed by atoms with Gasteiger partial charge in [0, 0.05) is 16.3 Å². The van der Waals surface area contributed by atoms with Crippen LogP contribution in [0.5, 0.6) is 0 Å². The molecule has 0 saturated heterocycles. The first kappa shape index (κ1) is 16.5. The van der Waals surface area contributed by atoms with Crippen LogP contribution in [0.2, 0.25) is 0 Å². The fourth-order valence-electron chi connectivity index (χ4n) is 2.91. The summed E-state index contributed by atoms with van der Waals surface area (Å²) in [6.45, 7) is 6.06. The van der Waals surface area contributed by atoms with Gasteiger partial charge in [-0.15, -0.1) is 6.58 Å². The summed E-state index contributed by atoms with van der Waals surface area (Å²) < 4.78 is 6.32. The Hall–Kier alpha value is -1.33. The lowest BCUT2D eigenvalue weighted by Crippen LogP contribution is -2.42. The third-order valence-corrected chi connectivity index (χ3v) is 5.25. The second-order valence-electron chi connectivity index (χ2n) is 5.82. The van der Waals surface area contributed by atoms with Gasteiger partial charge in [0.25, 0.3) is 0 Å². The molecule has 0 radical (unpaired) electrons. The predicted molar refractivity (Wildman–Crippen MR) is 95.2 cm³/mol. The number of benzene rings is 1. The van der Waals surface area contributed by atoms with Gasteiger partial charge in [0.05, 0.1) is 6.10 Å². The van der Waals surface area contributed by atoms with Crippen molar-refractivity contribution in [2.24, 2.45) is 0 Å². The van der Waals surface area contributed by atoms with Gasteiger partial charge < -0.3 is 9.84 Å². The van der Waals surface area contributed by atoms with Gasteiger partial charge in [-0.05, 0) is 37.0 Å². The molecular formula is C19H23NO2S. The van der Waals surface area contributed by atoms with Gasteiger partial charge >= 0.3 is 0 Å². The van der Waals surface area contributed by atoms with E-state index in [1.807, 2.05) is 17.8 Å². The number of hydrogen-bond donors (Lipinski definition) is 2. The summed E-state index contributed by atoms with van der Waals surface area (Å²) in [4.78, 5) is 2.52. The molecule has 3 unspecified atom stereocenters. The maximum Gasteiger partial charge on any atom is 0.135 e. The Labute approximate surface area is 142 Å². The summed E-state index contributed by atoms with van der Waals surface area (Å²) in [6, 6.07) is 8.36. The van der Waals surface area contributed by atoms with Crippen molar-refractivity contribution in [1.82, 2.24) is 5.32 Å². The first-order valence-electron chi connectivity index (χ1n) is 8.06. The van der Waals surface area contributed by atoms with Crippen molar-refractivity contribution in [3.05, 3.63) is 65.1 Å². The minimum absolute atomic E-state index is 0.143. The van der Waals surface area contributed by atoms with Gasteiger partial charge in [-0.3, -0.25) is 5.32 Å². The van der Waals surface area contributed by atoms with E-state index in [1.54, 1.807) is 13.0 Å². The molecule has 0 saturated carbocycles. The van der Waals surface area contributed by atoms with Gasteiger partial charge in [0.15, 0.2) is 0 Å². The molecule has 1 aromatic carbocycles. The first-order valence-corrected chi connectivity index (χ1v) is 8.87. The minimum Gasteiger partial charge on any atom is -0.389 e. The molecule has 2 N–H and O–H groups in total. The molecule has 3 nitrogen and oxygen atoms in total. The summed E-state index contributed by atoms with van der Waals surface area (Å²) in [5.41, 5.74) is 2.40. The molecule has 0 amide bonds. The van der Waals surface area contributed by atoms with Crippen molar-refractivity contribution in [2.45, 2.75) is 43.1 Å². The van der Waals surface area contributed by atoms with E-state index in [1.165, 1.54) is 20.9 Å². The third-order valence-electron chi connectivity index (χ3n) is 4.03. The maximum absolute atomic E-state index is 10.1. The molecule has 1 heterocycles. The van der Waals surface area contributed by atoms with E-state index >= 15 is 0 Å². The lowest BCUT2D eigenvalue weighted by molar-refractivity contribution is -0.0756. The number of aliphatic hydroxyl groups is 1. The van der Waals surface area contributed by atoms with Crippen LogP contribution in [0.4, 0.5) is 0 Å². The van der Waals surface area contributed by atoms with Crippen molar-refractivity contribution in [3.63, 3.8) is 0 Å². The molecule has 23 heavy (non-hydrogen) atoms. The van der Waals surface area contributed by atoms with Crippen molar-refractivity contribution >= 4 is 11.8 Å². The van der Waals surface area contributed by atoms with Crippen LogP contribution in [0.1, 0.15) is 31.4 Å². The highest BCUT2D eigenvalue weighted by Crippen LogP contribution is 2.50. The quantitative estimate of drug-likeness (QED) is 0.613. The summed E-state index contributed by atoms with van der Waals surface area (Å²) in [7, 11) is 0. The summed E-state index contributed by atoms with van der Waals surface area (Å²) >= 11 is 1.81. The van der Waals surface area contributed by atoms with E-state index in [0.29, 0.717) is 6.54 Å². The van der Waals surface area contributed by atoms with Gasteiger partial charge in [0.1, 0.15) is 12.3 Å². The monoisotopic (exact) mass is 329 g/mol. The molecule has 0 bridgehead atoms. The summed E-state index contributed by atoms with van der Waals surface area (Å²) in [5, 5.41) is 13.3. The van der Waals surface area contributed by atoms with E-state index in [-0.39, 0.29) is 6.10 Å². The Balaban J connectivity index is 1.92. The van der Waals surface area contributed by atoms with Gasteiger partial charge in [-0.25, -0.2) is 0 Å². The average molecular weight is 329 g/mol. The number of aliphatic hydroxyl groups excluding tert-OH is 1. The van der Waals surface area contributed by atoms with Crippen molar-refractivity contribution in [2.75, 3.05) is 6.54 Å². The van der Waals surface area contributed by atoms with E-state index in [2.05, 4.69) is 42.2 Å². The third kappa shape index (κ3) is 3.61. The Morgan fingerprint density at radius 3 is 2.96 bits per heavy atom. The van der Waals surface area contributed by atoms with Gasteiger partial charge in [-0.2, -0.15) is 0 Å². The second-order valence-corrected chi connectivity index (χ2v) is 6.90. The molecule has 1 aliphatic carbocycles. The van der Waals surface area contributed by atoms with Gasteiger partial charge in [-0.1, -0.05) is 48.2 Å². The fraction of sp³-hybridized carbons (Fsp3) is 0.368. The lowest BCUT2D eigenvalue weighted by atomic mass is 9.95. The fourth-order valence-corrected chi connectivity index (χ4v) is 4.10. The molecule has 0 spiro atoms. The van der Waals surface area contributed by atoms with Crippen molar-refractivity contribution in [1.29, 1.82) is 0 Å². The highest BCUT2D eigenvalue weighted by Gasteiger charge is 2.32. The SMILES string of the molecule is C=CCNC(OC1C2=CCCC=C2Sc2ccccc21)C(C)O. The van der Waals surface area contributed by atoms with Crippen LogP contribution >= 0.6 is 11.8 Å². The normalized spacial score (nSPS) is 22.3. The number of ether oxygens (including phenoxy) is 1. The topological polar surface area (TPSA) is 41.5 Å². The standard InChI is InChI=1S/C19H23NO2S/c1-3-12-20-19(13(2)21)22-18-14-8-4-6-10-16(14)23-17-11-7-5-9-15(17)18/h3-4,6,8-11,13,18-21H,1,5,7,12H2,2H3. The zero-order chi connectivity index (χ0) is 16.2. The molecule has 1 aromatic rings. The number of hydrogen-bond acceptors (Lipinski definition) is 4. The van der Waals surface area contributed by atoms with Crippen molar-refractivity contribution in [3.8, 4) is 0 Å². The highest BCUT2D eigenvalue weighted by molar-refractivity contribution is 8.03. The maximum atomic E-state index is 10.1. The largest absolute Gasteiger partial charge is 0.389 e. The molecule has 0 fully saturated rings. The lowest BCUT2D eigenvalue weighted by Gasteiger charge is -2.35. The van der Waals surface area contributed by atoms with Crippen LogP contribution in [-0.2, 0) is 4.74 Å². The smallest absolute Gasteiger partial charge is 0.135 e. The molecule has 1 aliphatic heterocycles. The van der Waals surface area contributed by atoms with E-state index in [4.69, 9.17) is 4.74 Å². The minimum atomic E-state index is -0.603. The number of thioether (sulfide) groups is 1. The molecule has 3 rings (SSSR count). The van der Waals surface area contributed by atoms with E-state index < -0.39 is 12.3 Å². The molecule has 3 atom stereocenters. The molecule has 4 heteroatoms. The predicted octanol–water partition coefficient (Wildman–Crippen LogP) is 3.94. The zero-order valence-corrected chi connectivity index (χ0v) is 14.2. The van der Waals surface area contributed by atoms with Crippen LogP contribution < -0.4 is 5.32 Å². The summed E-state index contributed by atoms with van der Waals surface area (Å²) in [6.07, 6.45) is 7.28. The van der Waals surface area contributed by atoms with Crippen LogP contribution in [0.25, 0.3) is 0 Å². The van der Waals surface area contributed by atoms with Gasteiger partial charge in [0.2, 0.25) is 0 Å². The van der Waals surface area contributed by atoms with Crippen LogP contribution in [0.15, 0.2) is 64.4 Å². The summed E-state index contributed by atoms with van der Waals surface area (Å²) in [5.74, 6) is 0. The Kier molecular flexibility index (Phi) is 5.38. The van der Waals surface area contributed by atoms with E-state index in [0.717, 1.165) is 12.8 Å². The number of rotatable bonds is 6. The highest BCUT2D eigenvalue weighted by atomic mass is 32.2. The number of allylic oxidation sites excluding steroid dienone is 2.